The molecule has 0 spiro atoms. The van der Waals surface area contributed by atoms with Crippen molar-refractivity contribution in [1.82, 2.24) is 10.2 Å². The Hall–Kier alpha value is -0.0800. The van der Waals surface area contributed by atoms with Crippen molar-refractivity contribution in [2.45, 2.75) is 64.8 Å². The molecule has 1 saturated heterocycles. The van der Waals surface area contributed by atoms with E-state index in [1.54, 1.807) is 0 Å². The standard InChI is InChI=1S/C16H32N2/c1-3-14-6-5-7-16(12-14)17-13-15-8-10-18(4-2)11-9-15/h14-17H,3-13H2,1-2H3. The lowest BCUT2D eigenvalue weighted by Crippen LogP contribution is -2.41. The lowest BCUT2D eigenvalue weighted by molar-refractivity contribution is 0.181. The highest BCUT2D eigenvalue weighted by Gasteiger charge is 2.22. The zero-order chi connectivity index (χ0) is 12.8. The molecule has 2 aliphatic rings. The van der Waals surface area contributed by atoms with Gasteiger partial charge in [0.05, 0.1) is 0 Å². The van der Waals surface area contributed by atoms with Crippen molar-refractivity contribution in [1.29, 1.82) is 0 Å². The van der Waals surface area contributed by atoms with Gasteiger partial charge in [-0.25, -0.2) is 0 Å². The lowest BCUT2D eigenvalue weighted by Gasteiger charge is -2.34. The van der Waals surface area contributed by atoms with Gasteiger partial charge in [-0.2, -0.15) is 0 Å². The second-order valence-corrected chi connectivity index (χ2v) is 6.42. The Labute approximate surface area is 114 Å². The summed E-state index contributed by atoms with van der Waals surface area (Å²) in [6, 6.07) is 0.827. The van der Waals surface area contributed by atoms with Crippen molar-refractivity contribution in [3.05, 3.63) is 0 Å². The molecule has 0 aromatic heterocycles. The summed E-state index contributed by atoms with van der Waals surface area (Å²) in [7, 11) is 0. The summed E-state index contributed by atoms with van der Waals surface area (Å²) in [6.07, 6.45) is 9.98. The molecule has 2 nitrogen and oxygen atoms in total. The smallest absolute Gasteiger partial charge is 0.00698 e. The monoisotopic (exact) mass is 252 g/mol. The first-order valence-corrected chi connectivity index (χ1v) is 8.27. The first-order chi connectivity index (χ1) is 8.81. The Kier molecular flexibility index (Phi) is 5.97. The molecule has 2 unspecified atom stereocenters. The van der Waals surface area contributed by atoms with Crippen LogP contribution in [-0.4, -0.2) is 37.1 Å². The molecule has 2 heteroatoms. The highest BCUT2D eigenvalue weighted by atomic mass is 15.1. The molecule has 0 aromatic rings. The van der Waals surface area contributed by atoms with E-state index in [0.29, 0.717) is 0 Å². The second-order valence-electron chi connectivity index (χ2n) is 6.42. The van der Waals surface area contributed by atoms with Crippen molar-refractivity contribution in [3.8, 4) is 0 Å². The molecule has 0 aromatic carbocycles. The van der Waals surface area contributed by atoms with Crippen molar-refractivity contribution >= 4 is 0 Å². The fourth-order valence-corrected chi connectivity index (χ4v) is 3.69. The molecule has 1 saturated carbocycles. The summed E-state index contributed by atoms with van der Waals surface area (Å²) in [5, 5.41) is 3.87. The van der Waals surface area contributed by atoms with Crippen LogP contribution in [0.1, 0.15) is 58.8 Å². The van der Waals surface area contributed by atoms with Crippen LogP contribution in [-0.2, 0) is 0 Å². The van der Waals surface area contributed by atoms with E-state index in [0.717, 1.165) is 17.9 Å². The van der Waals surface area contributed by atoms with Crippen LogP contribution >= 0.6 is 0 Å². The maximum absolute atomic E-state index is 3.87. The van der Waals surface area contributed by atoms with Gasteiger partial charge in [0.15, 0.2) is 0 Å². The van der Waals surface area contributed by atoms with Crippen LogP contribution in [0.5, 0.6) is 0 Å². The molecule has 1 aliphatic heterocycles. The van der Waals surface area contributed by atoms with E-state index in [1.807, 2.05) is 0 Å². The molecule has 0 radical (unpaired) electrons. The maximum atomic E-state index is 3.87. The van der Waals surface area contributed by atoms with E-state index in [9.17, 15) is 0 Å². The predicted octanol–water partition coefficient (Wildman–Crippen LogP) is 3.28. The summed E-state index contributed by atoms with van der Waals surface area (Å²) in [4.78, 5) is 2.59. The van der Waals surface area contributed by atoms with Crippen molar-refractivity contribution in [2.24, 2.45) is 11.8 Å². The third-order valence-electron chi connectivity index (χ3n) is 5.21. The molecule has 1 N–H and O–H groups in total. The van der Waals surface area contributed by atoms with Crippen LogP contribution < -0.4 is 5.32 Å². The third kappa shape index (κ3) is 4.24. The SMILES string of the molecule is CCC1CCCC(NCC2CCN(CC)CC2)C1. The number of piperidine rings is 1. The van der Waals surface area contributed by atoms with Crippen LogP contribution in [0.25, 0.3) is 0 Å². The van der Waals surface area contributed by atoms with Crippen LogP contribution in [0.2, 0.25) is 0 Å². The van der Waals surface area contributed by atoms with Crippen LogP contribution in [0.3, 0.4) is 0 Å². The van der Waals surface area contributed by atoms with Gasteiger partial charge in [-0.1, -0.05) is 33.1 Å². The first-order valence-electron chi connectivity index (χ1n) is 8.27. The van der Waals surface area contributed by atoms with Gasteiger partial charge in [-0.15, -0.1) is 0 Å². The largest absolute Gasteiger partial charge is 0.314 e. The van der Waals surface area contributed by atoms with Gasteiger partial charge in [0.1, 0.15) is 0 Å². The minimum absolute atomic E-state index is 0.827. The van der Waals surface area contributed by atoms with Crippen LogP contribution in [0, 0.1) is 11.8 Å². The number of hydrogen-bond donors (Lipinski definition) is 1. The quantitative estimate of drug-likeness (QED) is 0.808. The molecule has 1 heterocycles. The van der Waals surface area contributed by atoms with Crippen LogP contribution in [0.15, 0.2) is 0 Å². The van der Waals surface area contributed by atoms with Gasteiger partial charge in [0, 0.05) is 6.04 Å². The van der Waals surface area contributed by atoms with E-state index in [2.05, 4.69) is 24.1 Å². The molecule has 0 amide bonds. The number of likely N-dealkylation sites (tertiary alicyclic amines) is 1. The molecule has 2 atom stereocenters. The van der Waals surface area contributed by atoms with E-state index in [4.69, 9.17) is 0 Å². The summed E-state index contributed by atoms with van der Waals surface area (Å²) in [5.74, 6) is 1.94. The van der Waals surface area contributed by atoms with Crippen LogP contribution in [0.4, 0.5) is 0 Å². The zero-order valence-electron chi connectivity index (χ0n) is 12.5. The fourth-order valence-electron chi connectivity index (χ4n) is 3.69. The summed E-state index contributed by atoms with van der Waals surface area (Å²) < 4.78 is 0. The topological polar surface area (TPSA) is 15.3 Å². The average Bonchev–Trinajstić information content (AvgIpc) is 2.46. The first kappa shape index (κ1) is 14.3. The number of nitrogens with one attached hydrogen (secondary N) is 1. The highest BCUT2D eigenvalue weighted by Crippen LogP contribution is 2.27. The Morgan fingerprint density at radius 1 is 1.00 bits per heavy atom. The van der Waals surface area contributed by atoms with Gasteiger partial charge in [0.2, 0.25) is 0 Å². The molecule has 1 aliphatic carbocycles. The van der Waals surface area contributed by atoms with Crippen molar-refractivity contribution < 1.29 is 0 Å². The minimum atomic E-state index is 0.827. The van der Waals surface area contributed by atoms with Gasteiger partial charge in [0.25, 0.3) is 0 Å². The Morgan fingerprint density at radius 3 is 2.44 bits per heavy atom. The van der Waals surface area contributed by atoms with E-state index in [-0.39, 0.29) is 0 Å². The summed E-state index contributed by atoms with van der Waals surface area (Å²) in [5.41, 5.74) is 0. The lowest BCUT2D eigenvalue weighted by atomic mass is 9.84. The molecular weight excluding hydrogens is 220 g/mol. The number of rotatable bonds is 5. The number of hydrogen-bond acceptors (Lipinski definition) is 2. The molecular formula is C16H32N2. The highest BCUT2D eigenvalue weighted by molar-refractivity contribution is 4.80. The minimum Gasteiger partial charge on any atom is -0.314 e. The Balaban J connectivity index is 1.63. The van der Waals surface area contributed by atoms with Crippen molar-refractivity contribution in [3.63, 3.8) is 0 Å². The third-order valence-corrected chi connectivity index (χ3v) is 5.21. The van der Waals surface area contributed by atoms with E-state index < -0.39 is 0 Å². The van der Waals surface area contributed by atoms with Gasteiger partial charge >= 0.3 is 0 Å². The van der Waals surface area contributed by atoms with Gasteiger partial charge < -0.3 is 10.2 Å². The summed E-state index contributed by atoms with van der Waals surface area (Å²) in [6.45, 7) is 9.80. The van der Waals surface area contributed by atoms with E-state index in [1.165, 1.54) is 71.1 Å². The average molecular weight is 252 g/mol. The second kappa shape index (κ2) is 7.49. The Morgan fingerprint density at radius 2 is 1.78 bits per heavy atom. The zero-order valence-corrected chi connectivity index (χ0v) is 12.5. The molecule has 0 bridgehead atoms. The molecule has 2 rings (SSSR count). The molecule has 2 fully saturated rings. The predicted molar refractivity (Wildman–Crippen MR) is 78.9 cm³/mol. The maximum Gasteiger partial charge on any atom is 0.00698 e. The molecule has 106 valence electrons. The summed E-state index contributed by atoms with van der Waals surface area (Å²) >= 11 is 0. The van der Waals surface area contributed by atoms with Crippen molar-refractivity contribution in [2.75, 3.05) is 26.2 Å². The normalized spacial score (nSPS) is 31.7. The van der Waals surface area contributed by atoms with Gasteiger partial charge in [-0.3, -0.25) is 0 Å². The van der Waals surface area contributed by atoms with Gasteiger partial charge in [-0.05, 0) is 63.7 Å². The Bertz CT molecular complexity index is 221. The molecule has 18 heavy (non-hydrogen) atoms. The fraction of sp³-hybridized carbons (Fsp3) is 1.00. The van der Waals surface area contributed by atoms with E-state index >= 15 is 0 Å². The number of nitrogens with zero attached hydrogens (tertiary/aromatic N) is 1.